The summed E-state index contributed by atoms with van der Waals surface area (Å²) in [6, 6.07) is 25.0. The summed E-state index contributed by atoms with van der Waals surface area (Å²) in [4.78, 5) is 17.3. The summed E-state index contributed by atoms with van der Waals surface area (Å²) in [6.45, 7) is 1.76. The molecule has 36 heavy (non-hydrogen) atoms. The van der Waals surface area contributed by atoms with Crippen LogP contribution in [0.15, 0.2) is 102 Å². The Bertz CT molecular complexity index is 1470. The maximum absolute atomic E-state index is 13.5. The van der Waals surface area contributed by atoms with Crippen molar-refractivity contribution in [1.82, 2.24) is 4.98 Å². The van der Waals surface area contributed by atoms with E-state index >= 15 is 0 Å². The van der Waals surface area contributed by atoms with E-state index in [4.69, 9.17) is 4.74 Å². The summed E-state index contributed by atoms with van der Waals surface area (Å²) in [7, 11) is -3.90. The highest BCUT2D eigenvalue weighted by molar-refractivity contribution is 7.92. The van der Waals surface area contributed by atoms with Gasteiger partial charge >= 0.3 is 0 Å². The number of sulfonamides is 1. The topological polar surface area (TPSA) is 88.6 Å². The summed E-state index contributed by atoms with van der Waals surface area (Å²) in [5.41, 5.74) is 4.21. The number of hydrogen-bond donors (Lipinski definition) is 1. The second-order valence-electron chi connectivity index (χ2n) is 8.64. The minimum absolute atomic E-state index is 0.140. The number of carbonyl (C=O) groups excluding carboxylic acids is 1. The average Bonchev–Trinajstić information content (AvgIpc) is 2.90. The Kier molecular flexibility index (Phi) is 6.43. The molecule has 7 nitrogen and oxygen atoms in total. The molecule has 1 aromatic heterocycles. The highest BCUT2D eigenvalue weighted by Crippen LogP contribution is 2.37. The van der Waals surface area contributed by atoms with Crippen molar-refractivity contribution in [2.45, 2.75) is 24.3 Å². The molecule has 1 aliphatic heterocycles. The van der Waals surface area contributed by atoms with Gasteiger partial charge in [0.2, 0.25) is 0 Å². The van der Waals surface area contributed by atoms with E-state index in [0.717, 1.165) is 23.1 Å². The number of pyridine rings is 1. The molecule has 1 amide bonds. The number of para-hydroxylation sites is 2. The van der Waals surface area contributed by atoms with E-state index in [0.29, 0.717) is 17.1 Å². The molecule has 1 atom stereocenters. The molecule has 1 unspecified atom stereocenters. The molecule has 0 saturated heterocycles. The van der Waals surface area contributed by atoms with Crippen LogP contribution in [-0.4, -0.2) is 32.0 Å². The highest BCUT2D eigenvalue weighted by atomic mass is 32.2. The summed E-state index contributed by atoms with van der Waals surface area (Å²) in [6.07, 6.45) is 3.26. The number of hydrogen-bond acceptors (Lipinski definition) is 5. The molecule has 0 spiro atoms. The Morgan fingerprint density at radius 3 is 2.33 bits per heavy atom. The largest absolute Gasteiger partial charge is 0.476 e. The van der Waals surface area contributed by atoms with Gasteiger partial charge in [-0.25, -0.2) is 8.42 Å². The van der Waals surface area contributed by atoms with Crippen LogP contribution in [0.4, 0.5) is 11.4 Å². The molecule has 5 rings (SSSR count). The minimum Gasteiger partial charge on any atom is -0.476 e. The Labute approximate surface area is 210 Å². The van der Waals surface area contributed by atoms with Crippen LogP contribution in [0.25, 0.3) is 0 Å². The quantitative estimate of drug-likeness (QED) is 0.420. The number of fused-ring (bicyclic) bond motifs is 1. The third kappa shape index (κ3) is 4.94. The van der Waals surface area contributed by atoms with Gasteiger partial charge in [-0.05, 0) is 73.0 Å². The first-order valence-electron chi connectivity index (χ1n) is 11.5. The van der Waals surface area contributed by atoms with E-state index in [-0.39, 0.29) is 11.4 Å². The molecule has 0 aliphatic carbocycles. The summed E-state index contributed by atoms with van der Waals surface area (Å²) >= 11 is 0. The number of carbonyl (C=O) groups is 1. The maximum atomic E-state index is 13.5. The molecular formula is C28H25N3O4S. The van der Waals surface area contributed by atoms with E-state index in [1.54, 1.807) is 60.9 Å². The summed E-state index contributed by atoms with van der Waals surface area (Å²) in [5.74, 6) is -0.0808. The zero-order chi connectivity index (χ0) is 25.1. The van der Waals surface area contributed by atoms with Gasteiger partial charge in [0, 0.05) is 18.1 Å². The molecule has 1 N–H and O–H groups in total. The monoisotopic (exact) mass is 499 g/mol. The van der Waals surface area contributed by atoms with Crippen molar-refractivity contribution in [3.63, 3.8) is 0 Å². The third-order valence-corrected chi connectivity index (χ3v) is 7.81. The van der Waals surface area contributed by atoms with Crippen molar-refractivity contribution in [2.24, 2.45) is 0 Å². The fraction of sp³-hybridized carbons (Fsp3) is 0.143. The zero-order valence-electron chi connectivity index (χ0n) is 19.7. The lowest BCUT2D eigenvalue weighted by molar-refractivity contribution is -0.122. The van der Waals surface area contributed by atoms with Gasteiger partial charge in [-0.2, -0.15) is 0 Å². The van der Waals surface area contributed by atoms with Crippen LogP contribution >= 0.6 is 0 Å². The van der Waals surface area contributed by atoms with Crippen molar-refractivity contribution in [1.29, 1.82) is 0 Å². The lowest BCUT2D eigenvalue weighted by atomic mass is 10.1. The normalized spacial score (nSPS) is 15.0. The number of aryl methyl sites for hydroxylation is 1. The number of rotatable bonds is 6. The van der Waals surface area contributed by atoms with Gasteiger partial charge < -0.3 is 10.1 Å². The lowest BCUT2D eigenvalue weighted by Gasteiger charge is -2.34. The SMILES string of the molecule is Cc1ccc(S(=O)(=O)N2CC(C(=O)Nc3ccc(Cc4ccncc4)cc3)Oc3ccccc32)cc1. The van der Waals surface area contributed by atoms with Crippen molar-refractivity contribution in [2.75, 3.05) is 16.2 Å². The fourth-order valence-corrected chi connectivity index (χ4v) is 5.54. The van der Waals surface area contributed by atoms with Gasteiger partial charge in [-0.3, -0.25) is 14.1 Å². The Morgan fingerprint density at radius 2 is 1.61 bits per heavy atom. The van der Waals surface area contributed by atoms with Crippen molar-refractivity contribution < 1.29 is 17.9 Å². The second-order valence-corrected chi connectivity index (χ2v) is 10.5. The molecule has 0 bridgehead atoms. The Balaban J connectivity index is 1.34. The molecule has 4 aromatic rings. The van der Waals surface area contributed by atoms with Gasteiger partial charge in [-0.1, -0.05) is 42.0 Å². The molecule has 182 valence electrons. The van der Waals surface area contributed by atoms with Gasteiger partial charge in [-0.15, -0.1) is 0 Å². The van der Waals surface area contributed by atoms with Gasteiger partial charge in [0.25, 0.3) is 15.9 Å². The van der Waals surface area contributed by atoms with Crippen molar-refractivity contribution in [3.8, 4) is 5.75 Å². The standard InChI is InChI=1S/C28H25N3O4S/c1-20-6-12-24(13-7-20)36(33,34)31-19-27(35-26-5-3-2-4-25(26)31)28(32)30-23-10-8-21(9-11-23)18-22-14-16-29-17-15-22/h2-17,27H,18-19H2,1H3,(H,30,32). The smallest absolute Gasteiger partial charge is 0.267 e. The van der Waals surface area contributed by atoms with Crippen LogP contribution < -0.4 is 14.4 Å². The number of anilines is 2. The summed E-state index contributed by atoms with van der Waals surface area (Å²) in [5, 5.41) is 2.86. The average molecular weight is 500 g/mol. The molecule has 3 aromatic carbocycles. The van der Waals surface area contributed by atoms with Gasteiger partial charge in [0.15, 0.2) is 6.10 Å². The first-order chi connectivity index (χ1) is 17.4. The van der Waals surface area contributed by atoms with Crippen LogP contribution in [0.5, 0.6) is 5.75 Å². The molecule has 2 heterocycles. The number of aromatic nitrogens is 1. The highest BCUT2D eigenvalue weighted by Gasteiger charge is 2.37. The van der Waals surface area contributed by atoms with E-state index in [9.17, 15) is 13.2 Å². The van der Waals surface area contributed by atoms with E-state index < -0.39 is 22.0 Å². The summed E-state index contributed by atoms with van der Waals surface area (Å²) < 4.78 is 34.2. The van der Waals surface area contributed by atoms with E-state index in [1.165, 1.54) is 4.31 Å². The predicted octanol–water partition coefficient (Wildman–Crippen LogP) is 4.58. The van der Waals surface area contributed by atoms with E-state index in [2.05, 4.69) is 10.3 Å². The first-order valence-corrected chi connectivity index (χ1v) is 13.0. The molecular weight excluding hydrogens is 474 g/mol. The van der Waals surface area contributed by atoms with Crippen LogP contribution in [0, 0.1) is 6.92 Å². The molecule has 0 saturated carbocycles. The maximum Gasteiger partial charge on any atom is 0.267 e. The lowest BCUT2D eigenvalue weighted by Crippen LogP contribution is -2.48. The third-order valence-electron chi connectivity index (χ3n) is 6.02. The fourth-order valence-electron chi connectivity index (χ4n) is 4.07. The zero-order valence-corrected chi connectivity index (χ0v) is 20.5. The first kappa shape index (κ1) is 23.6. The van der Waals surface area contributed by atoms with Crippen LogP contribution in [-0.2, 0) is 21.2 Å². The van der Waals surface area contributed by atoms with Crippen molar-refractivity contribution in [3.05, 3.63) is 114 Å². The predicted molar refractivity (Wildman–Crippen MR) is 139 cm³/mol. The van der Waals surface area contributed by atoms with E-state index in [1.807, 2.05) is 43.3 Å². The van der Waals surface area contributed by atoms with Gasteiger partial charge in [0.1, 0.15) is 5.75 Å². The van der Waals surface area contributed by atoms with Crippen LogP contribution in [0.3, 0.4) is 0 Å². The molecule has 1 aliphatic rings. The number of ether oxygens (including phenoxy) is 1. The second kappa shape index (κ2) is 9.83. The number of benzene rings is 3. The van der Waals surface area contributed by atoms with Crippen LogP contribution in [0.1, 0.15) is 16.7 Å². The molecule has 0 radical (unpaired) electrons. The molecule has 8 heteroatoms. The Morgan fingerprint density at radius 1 is 0.944 bits per heavy atom. The molecule has 0 fully saturated rings. The minimum atomic E-state index is -3.90. The number of nitrogens with zero attached hydrogens (tertiary/aromatic N) is 2. The van der Waals surface area contributed by atoms with Crippen molar-refractivity contribution >= 4 is 27.3 Å². The Hall–Kier alpha value is -4.17. The number of nitrogens with one attached hydrogen (secondary N) is 1. The van der Waals surface area contributed by atoms with Gasteiger partial charge in [0.05, 0.1) is 17.1 Å². The number of amides is 1. The van der Waals surface area contributed by atoms with Crippen LogP contribution in [0.2, 0.25) is 0 Å².